The van der Waals surface area contributed by atoms with Crippen LogP contribution in [0, 0.1) is 13.8 Å². The minimum absolute atomic E-state index is 0.0238. The first-order valence-corrected chi connectivity index (χ1v) is 10.8. The molecule has 1 amide bonds. The molecule has 3 rings (SSSR count). The van der Waals surface area contributed by atoms with E-state index in [4.69, 9.17) is 4.74 Å². The van der Waals surface area contributed by atoms with Gasteiger partial charge >= 0.3 is 0 Å². The number of nitrogens with zero attached hydrogens (tertiary/aromatic N) is 1. The van der Waals surface area contributed by atoms with Crippen molar-refractivity contribution in [3.8, 4) is 5.75 Å². The molecule has 1 heterocycles. The molecule has 1 aliphatic heterocycles. The summed E-state index contributed by atoms with van der Waals surface area (Å²) in [7, 11) is -2.26. The van der Waals surface area contributed by atoms with Gasteiger partial charge in [-0.2, -0.15) is 0 Å². The number of amides is 1. The number of carbonyl (C=O) groups is 1. The van der Waals surface area contributed by atoms with Crippen LogP contribution in [-0.4, -0.2) is 28.0 Å². The Morgan fingerprint density at radius 3 is 2.46 bits per heavy atom. The van der Waals surface area contributed by atoms with Crippen molar-refractivity contribution < 1.29 is 17.9 Å². The van der Waals surface area contributed by atoms with Gasteiger partial charge in [0, 0.05) is 19.0 Å². The van der Waals surface area contributed by atoms with Crippen LogP contribution in [0.5, 0.6) is 5.75 Å². The topological polar surface area (TPSA) is 75.7 Å². The van der Waals surface area contributed by atoms with Crippen molar-refractivity contribution in [2.45, 2.75) is 44.6 Å². The van der Waals surface area contributed by atoms with E-state index in [0.29, 0.717) is 24.4 Å². The summed E-state index contributed by atoms with van der Waals surface area (Å²) in [6.07, 6.45) is 1.21. The molecule has 0 aromatic heterocycles. The summed E-state index contributed by atoms with van der Waals surface area (Å²) in [6, 6.07) is 10.1. The Hall–Kier alpha value is -2.38. The molecule has 0 aliphatic carbocycles. The average molecular weight is 403 g/mol. The molecular formula is C21H26N2O4S. The molecule has 1 saturated heterocycles. The highest BCUT2D eigenvalue weighted by atomic mass is 32.2. The molecule has 7 heteroatoms. The smallest absolute Gasteiger partial charge is 0.241 e. The van der Waals surface area contributed by atoms with Gasteiger partial charge < -0.3 is 9.64 Å². The van der Waals surface area contributed by atoms with Crippen molar-refractivity contribution in [2.24, 2.45) is 0 Å². The quantitative estimate of drug-likeness (QED) is 0.803. The van der Waals surface area contributed by atoms with Gasteiger partial charge in [-0.3, -0.25) is 4.79 Å². The van der Waals surface area contributed by atoms with Gasteiger partial charge in [0.05, 0.1) is 17.7 Å². The number of hydrogen-bond donors (Lipinski definition) is 1. The zero-order chi connectivity index (χ0) is 20.5. The van der Waals surface area contributed by atoms with Crippen LogP contribution in [0.1, 0.15) is 42.5 Å². The molecular weight excluding hydrogens is 376 g/mol. The van der Waals surface area contributed by atoms with Crippen molar-refractivity contribution in [3.63, 3.8) is 0 Å². The molecule has 2 aromatic carbocycles. The van der Waals surface area contributed by atoms with Crippen molar-refractivity contribution in [3.05, 3.63) is 53.1 Å². The number of carbonyl (C=O) groups excluding carboxylic acids is 1. The van der Waals surface area contributed by atoms with Crippen molar-refractivity contribution in [2.75, 3.05) is 18.6 Å². The number of anilines is 1. The molecule has 0 saturated carbocycles. The van der Waals surface area contributed by atoms with Crippen LogP contribution in [0.25, 0.3) is 0 Å². The average Bonchev–Trinajstić information content (AvgIpc) is 3.08. The maximum Gasteiger partial charge on any atom is 0.241 e. The zero-order valence-corrected chi connectivity index (χ0v) is 17.5. The Bertz CT molecular complexity index is 1000. The zero-order valence-electron chi connectivity index (χ0n) is 16.7. The predicted octanol–water partition coefficient (Wildman–Crippen LogP) is 3.48. The lowest BCUT2D eigenvalue weighted by atomic mass is 10.0. The third kappa shape index (κ3) is 4.05. The number of nitrogens with one attached hydrogen (secondary N) is 1. The highest BCUT2D eigenvalue weighted by molar-refractivity contribution is 7.89. The van der Waals surface area contributed by atoms with Gasteiger partial charge in [-0.25, -0.2) is 13.1 Å². The lowest BCUT2D eigenvalue weighted by molar-refractivity contribution is -0.117. The van der Waals surface area contributed by atoms with E-state index in [1.807, 2.05) is 39.0 Å². The van der Waals surface area contributed by atoms with E-state index in [1.165, 1.54) is 19.2 Å². The second-order valence-electron chi connectivity index (χ2n) is 7.17. The van der Waals surface area contributed by atoms with E-state index in [-0.39, 0.29) is 16.8 Å². The summed E-state index contributed by atoms with van der Waals surface area (Å²) < 4.78 is 34.0. The lowest BCUT2D eigenvalue weighted by Crippen LogP contribution is -2.28. The molecule has 0 spiro atoms. The van der Waals surface area contributed by atoms with E-state index in [2.05, 4.69) is 4.72 Å². The normalized spacial score (nSPS) is 15.7. The predicted molar refractivity (Wildman–Crippen MR) is 109 cm³/mol. The first kappa shape index (κ1) is 20.4. The molecule has 1 atom stereocenters. The number of sulfonamides is 1. The molecule has 1 unspecified atom stereocenters. The largest absolute Gasteiger partial charge is 0.495 e. The van der Waals surface area contributed by atoms with E-state index in [9.17, 15) is 13.2 Å². The number of methoxy groups -OCH3 is 1. The maximum absolute atomic E-state index is 13.0. The van der Waals surface area contributed by atoms with Crippen LogP contribution >= 0.6 is 0 Å². The molecule has 0 radical (unpaired) electrons. The van der Waals surface area contributed by atoms with E-state index in [1.54, 1.807) is 11.0 Å². The minimum atomic E-state index is -3.77. The van der Waals surface area contributed by atoms with Crippen LogP contribution in [0.4, 0.5) is 5.69 Å². The fraction of sp³-hybridized carbons (Fsp3) is 0.381. The SMILES string of the molecule is COc1ccc(S(=O)(=O)NC(C)c2ccc(C)c(C)c2)cc1N1CCCC1=O. The van der Waals surface area contributed by atoms with Gasteiger partial charge in [-0.05, 0) is 62.1 Å². The van der Waals surface area contributed by atoms with Gasteiger partial charge in [0.25, 0.3) is 0 Å². The van der Waals surface area contributed by atoms with Crippen molar-refractivity contribution in [1.82, 2.24) is 4.72 Å². The number of hydrogen-bond acceptors (Lipinski definition) is 4. The second kappa shape index (κ2) is 7.93. The molecule has 6 nitrogen and oxygen atoms in total. The highest BCUT2D eigenvalue weighted by Gasteiger charge is 2.27. The summed E-state index contributed by atoms with van der Waals surface area (Å²) in [5, 5.41) is 0. The third-order valence-corrected chi connectivity index (χ3v) is 6.73. The lowest BCUT2D eigenvalue weighted by Gasteiger charge is -2.21. The molecule has 0 bridgehead atoms. The third-order valence-electron chi connectivity index (χ3n) is 5.19. The Labute approximate surface area is 166 Å². The fourth-order valence-corrected chi connectivity index (χ4v) is 4.61. The highest BCUT2D eigenvalue weighted by Crippen LogP contribution is 2.34. The summed E-state index contributed by atoms with van der Waals surface area (Å²) in [5.41, 5.74) is 3.67. The number of benzene rings is 2. The van der Waals surface area contributed by atoms with Gasteiger partial charge in [0.2, 0.25) is 15.9 Å². The molecule has 150 valence electrons. The minimum Gasteiger partial charge on any atom is -0.495 e. The Morgan fingerprint density at radius 2 is 1.86 bits per heavy atom. The molecule has 1 fully saturated rings. The van der Waals surface area contributed by atoms with E-state index in [0.717, 1.165) is 23.1 Å². The van der Waals surface area contributed by atoms with Gasteiger partial charge in [0.1, 0.15) is 5.75 Å². The molecule has 2 aromatic rings. The van der Waals surface area contributed by atoms with Crippen molar-refractivity contribution >= 4 is 21.6 Å². The molecule has 28 heavy (non-hydrogen) atoms. The van der Waals surface area contributed by atoms with Crippen LogP contribution < -0.4 is 14.4 Å². The van der Waals surface area contributed by atoms with Gasteiger partial charge in [0.15, 0.2) is 0 Å². The molecule has 1 aliphatic rings. The van der Waals surface area contributed by atoms with Crippen molar-refractivity contribution in [1.29, 1.82) is 0 Å². The van der Waals surface area contributed by atoms with Crippen LogP contribution in [-0.2, 0) is 14.8 Å². The second-order valence-corrected chi connectivity index (χ2v) is 8.88. The first-order valence-electron chi connectivity index (χ1n) is 9.31. The summed E-state index contributed by atoms with van der Waals surface area (Å²) in [6.45, 7) is 6.40. The fourth-order valence-electron chi connectivity index (χ4n) is 3.35. The summed E-state index contributed by atoms with van der Waals surface area (Å²) in [4.78, 5) is 13.8. The van der Waals surface area contributed by atoms with E-state index >= 15 is 0 Å². The van der Waals surface area contributed by atoms with E-state index < -0.39 is 10.0 Å². The standard InChI is InChI=1S/C21H26N2O4S/c1-14-7-8-17(12-15(14)2)16(3)22-28(25,26)18-9-10-20(27-4)19(13-18)23-11-5-6-21(23)24/h7-10,12-13,16,22H,5-6,11H2,1-4H3. The van der Waals surface area contributed by atoms with Gasteiger partial charge in [-0.15, -0.1) is 0 Å². The monoisotopic (exact) mass is 402 g/mol. The Balaban J connectivity index is 1.90. The number of aryl methyl sites for hydroxylation is 2. The van der Waals surface area contributed by atoms with Crippen LogP contribution in [0.15, 0.2) is 41.3 Å². The summed E-state index contributed by atoms with van der Waals surface area (Å²) >= 11 is 0. The Kier molecular flexibility index (Phi) is 5.76. The first-order chi connectivity index (χ1) is 13.2. The van der Waals surface area contributed by atoms with Crippen LogP contribution in [0.3, 0.4) is 0 Å². The number of rotatable bonds is 6. The number of ether oxygens (including phenoxy) is 1. The molecule has 1 N–H and O–H groups in total. The van der Waals surface area contributed by atoms with Gasteiger partial charge in [-0.1, -0.05) is 18.2 Å². The Morgan fingerprint density at radius 1 is 1.11 bits per heavy atom. The summed E-state index contributed by atoms with van der Waals surface area (Å²) in [5.74, 6) is 0.459. The maximum atomic E-state index is 13.0. The van der Waals surface area contributed by atoms with Crippen LogP contribution in [0.2, 0.25) is 0 Å².